The summed E-state index contributed by atoms with van der Waals surface area (Å²) in [5.74, 6) is 0. The van der Waals surface area contributed by atoms with E-state index in [1.165, 1.54) is 62.5 Å². The van der Waals surface area contributed by atoms with Crippen LogP contribution in [0.1, 0.15) is 78.1 Å². The number of hydrogen-bond donors (Lipinski definition) is 1. The fourth-order valence-electron chi connectivity index (χ4n) is 5.33. The number of nitrogens with zero attached hydrogens (tertiary/aromatic N) is 2. The van der Waals surface area contributed by atoms with Crippen molar-refractivity contribution in [1.82, 2.24) is 0 Å². The van der Waals surface area contributed by atoms with Gasteiger partial charge < -0.3 is 9.59 Å². The fraction of sp³-hybridized carbons (Fsp3) is 0.909. The topological polar surface area (TPSA) is 20.2 Å². The molecule has 5 atom stereocenters. The van der Waals surface area contributed by atoms with Gasteiger partial charge in [-0.25, -0.2) is 0 Å². The monoisotopic (exact) mass is 352 g/mol. The van der Waals surface area contributed by atoms with E-state index in [4.69, 9.17) is 0 Å². The third kappa shape index (κ3) is 5.08. The van der Waals surface area contributed by atoms with E-state index in [2.05, 4.69) is 40.7 Å². The molecule has 1 N–H and O–H groups in total. The maximum absolute atomic E-state index is 10.6. The maximum Gasteiger partial charge on any atom is 0.0931 e. The lowest BCUT2D eigenvalue weighted by Crippen LogP contribution is -2.59. The number of aliphatic hydroxyl groups is 1. The van der Waals surface area contributed by atoms with Gasteiger partial charge in [-0.05, 0) is 65.4 Å². The predicted molar refractivity (Wildman–Crippen MR) is 107 cm³/mol. The number of rotatable bonds is 8. The Kier molecular flexibility index (Phi) is 7.54. The molecule has 0 aliphatic carbocycles. The van der Waals surface area contributed by atoms with E-state index in [1.807, 2.05) is 0 Å². The molecule has 3 heteroatoms. The summed E-state index contributed by atoms with van der Waals surface area (Å²) in [5, 5.41) is 10.6. The van der Waals surface area contributed by atoms with Gasteiger partial charge in [-0.15, -0.1) is 0 Å². The molecule has 2 aliphatic heterocycles. The summed E-state index contributed by atoms with van der Waals surface area (Å²) < 4.78 is 2.21. The third-order valence-corrected chi connectivity index (χ3v) is 7.79. The van der Waals surface area contributed by atoms with Gasteiger partial charge in [0.05, 0.1) is 57.6 Å². The molecule has 2 aliphatic rings. The summed E-state index contributed by atoms with van der Waals surface area (Å²) in [5.41, 5.74) is 0. The van der Waals surface area contributed by atoms with Crippen LogP contribution in [-0.4, -0.2) is 65.5 Å². The minimum atomic E-state index is -0.122. The van der Waals surface area contributed by atoms with Gasteiger partial charge in [0.15, 0.2) is 0 Å². The second-order valence-electron chi connectivity index (χ2n) is 9.52. The molecule has 0 radical (unpaired) electrons. The molecule has 0 amide bonds. The normalized spacial score (nSPS) is 37.8. The van der Waals surface area contributed by atoms with Crippen LogP contribution in [0.2, 0.25) is 0 Å². The van der Waals surface area contributed by atoms with Gasteiger partial charge in [0.2, 0.25) is 0 Å². The Bertz CT molecular complexity index is 424. The lowest BCUT2D eigenvalue weighted by atomic mass is 9.90. The van der Waals surface area contributed by atoms with Crippen molar-refractivity contribution in [2.75, 3.05) is 27.2 Å². The smallest absolute Gasteiger partial charge is 0.0931 e. The predicted octanol–water partition coefficient (Wildman–Crippen LogP) is 4.46. The van der Waals surface area contributed by atoms with Gasteiger partial charge in [-0.3, -0.25) is 4.48 Å². The molecule has 3 nitrogen and oxygen atoms in total. The van der Waals surface area contributed by atoms with Crippen LogP contribution >= 0.6 is 0 Å². The van der Waals surface area contributed by atoms with Crippen LogP contribution in [0.15, 0.2) is 12.8 Å². The Balaban J connectivity index is 1.80. The molecule has 0 spiro atoms. The molecule has 5 unspecified atom stereocenters. The molecule has 0 saturated carbocycles. The van der Waals surface area contributed by atoms with Crippen molar-refractivity contribution in [1.29, 1.82) is 0 Å². The Hall–Kier alpha value is -0.380. The number of likely N-dealkylation sites (tertiary alicyclic amines) is 2. The van der Waals surface area contributed by atoms with E-state index in [0.717, 1.165) is 29.8 Å². The second-order valence-corrected chi connectivity index (χ2v) is 9.52. The van der Waals surface area contributed by atoms with Crippen LogP contribution in [0.5, 0.6) is 0 Å². The van der Waals surface area contributed by atoms with Crippen LogP contribution in [0.25, 0.3) is 0 Å². The molecular formula is C22H44N2O+2. The van der Waals surface area contributed by atoms with E-state index in [9.17, 15) is 5.11 Å². The van der Waals surface area contributed by atoms with Crippen LogP contribution in [0, 0.1) is 0 Å². The van der Waals surface area contributed by atoms with Crippen LogP contribution in [0.3, 0.4) is 0 Å². The molecular weight excluding hydrogens is 308 g/mol. The van der Waals surface area contributed by atoms with Crippen LogP contribution in [-0.2, 0) is 0 Å². The highest BCUT2D eigenvalue weighted by Crippen LogP contribution is 2.31. The Morgan fingerprint density at radius 1 is 0.960 bits per heavy atom. The quantitative estimate of drug-likeness (QED) is 0.640. The summed E-state index contributed by atoms with van der Waals surface area (Å²) in [6.45, 7) is 11.3. The number of aliphatic hydroxyl groups excluding tert-OH is 1. The summed E-state index contributed by atoms with van der Waals surface area (Å²) in [6, 6.07) is 2.09. The second kappa shape index (κ2) is 9.01. The highest BCUT2D eigenvalue weighted by Gasteiger charge is 2.38. The molecule has 25 heavy (non-hydrogen) atoms. The summed E-state index contributed by atoms with van der Waals surface area (Å²) in [6.07, 6.45) is 14.3. The van der Waals surface area contributed by atoms with E-state index in [1.54, 1.807) is 0 Å². The number of hydrogen-bond acceptors (Lipinski definition) is 1. The van der Waals surface area contributed by atoms with Gasteiger partial charge in [-0.1, -0.05) is 0 Å². The van der Waals surface area contributed by atoms with Gasteiger partial charge in [0.1, 0.15) is 0 Å². The Morgan fingerprint density at radius 3 is 2.12 bits per heavy atom. The highest BCUT2D eigenvalue weighted by molar-refractivity contribution is 4.74. The van der Waals surface area contributed by atoms with Crippen molar-refractivity contribution in [3.63, 3.8) is 0 Å². The molecule has 2 heterocycles. The van der Waals surface area contributed by atoms with Gasteiger partial charge in [0, 0.05) is 19.3 Å². The van der Waals surface area contributed by atoms with Crippen molar-refractivity contribution in [3.05, 3.63) is 12.8 Å². The van der Waals surface area contributed by atoms with Gasteiger partial charge in [0.25, 0.3) is 0 Å². The molecule has 2 rings (SSSR count). The van der Waals surface area contributed by atoms with E-state index < -0.39 is 0 Å². The largest absolute Gasteiger partial charge is 0.393 e. The minimum Gasteiger partial charge on any atom is -0.393 e. The molecule has 0 bridgehead atoms. The summed E-state index contributed by atoms with van der Waals surface area (Å²) in [7, 11) is 4.76. The van der Waals surface area contributed by atoms with Crippen LogP contribution in [0.4, 0.5) is 0 Å². The van der Waals surface area contributed by atoms with Crippen molar-refractivity contribution in [3.8, 4) is 0 Å². The van der Waals surface area contributed by atoms with E-state index >= 15 is 0 Å². The molecule has 0 aromatic carbocycles. The Labute approximate surface area is 156 Å². The zero-order chi connectivity index (χ0) is 18.5. The summed E-state index contributed by atoms with van der Waals surface area (Å²) >= 11 is 0. The van der Waals surface area contributed by atoms with E-state index in [-0.39, 0.29) is 6.10 Å². The first-order valence-electron chi connectivity index (χ1n) is 10.8. The first-order chi connectivity index (χ1) is 11.8. The molecule has 0 aromatic heterocycles. The zero-order valence-electron chi connectivity index (χ0n) is 17.4. The number of piperidine rings is 2. The lowest BCUT2D eigenvalue weighted by molar-refractivity contribution is -0.957. The standard InChI is InChI=1S/C22H44N2O/c1-6-23(4)17-9-7-11-20(23)13-15-22(25)16-14-21-12-8-10-18-24(21,5)19(2)3/h6,19-22,25H,1,7-18H2,2-5H3/q+2. The molecule has 0 aromatic rings. The highest BCUT2D eigenvalue weighted by atomic mass is 16.3. The lowest BCUT2D eigenvalue weighted by Gasteiger charge is -2.48. The molecule has 2 fully saturated rings. The Morgan fingerprint density at radius 2 is 1.52 bits per heavy atom. The van der Waals surface area contributed by atoms with Crippen molar-refractivity contribution < 1.29 is 14.1 Å². The maximum atomic E-state index is 10.6. The molecule has 2 saturated heterocycles. The minimum absolute atomic E-state index is 0.122. The molecule has 146 valence electrons. The van der Waals surface area contributed by atoms with Crippen molar-refractivity contribution >= 4 is 0 Å². The summed E-state index contributed by atoms with van der Waals surface area (Å²) in [4.78, 5) is 0. The van der Waals surface area contributed by atoms with Crippen LogP contribution < -0.4 is 0 Å². The van der Waals surface area contributed by atoms with Crippen molar-refractivity contribution in [2.24, 2.45) is 0 Å². The fourth-order valence-corrected chi connectivity index (χ4v) is 5.33. The van der Waals surface area contributed by atoms with E-state index in [0.29, 0.717) is 12.1 Å². The van der Waals surface area contributed by atoms with Crippen molar-refractivity contribution in [2.45, 2.75) is 102 Å². The average molecular weight is 353 g/mol. The first-order valence-corrected chi connectivity index (χ1v) is 10.8. The van der Waals surface area contributed by atoms with Gasteiger partial charge >= 0.3 is 0 Å². The zero-order valence-corrected chi connectivity index (χ0v) is 17.4. The third-order valence-electron chi connectivity index (χ3n) is 7.79. The number of quaternary nitrogens is 2. The SMILES string of the molecule is C=C[N+]1(C)CCCCC1CCC(O)CCC1CCCC[N+]1(C)C(C)C. The average Bonchev–Trinajstić information content (AvgIpc) is 2.60. The first kappa shape index (κ1) is 20.9. The van der Waals surface area contributed by atoms with Gasteiger partial charge in [-0.2, -0.15) is 0 Å².